The number of nitrogens with one attached hydrogen (secondary N) is 1. The highest BCUT2D eigenvalue weighted by Crippen LogP contribution is 2.26. The third-order valence-electron chi connectivity index (χ3n) is 3.76. The minimum Gasteiger partial charge on any atom is -0.360 e. The van der Waals surface area contributed by atoms with Crippen LogP contribution in [0.4, 0.5) is 5.69 Å². The van der Waals surface area contributed by atoms with Gasteiger partial charge in [-0.05, 0) is 49.9 Å². The van der Waals surface area contributed by atoms with Crippen LogP contribution in [0.2, 0.25) is 0 Å². The summed E-state index contributed by atoms with van der Waals surface area (Å²) < 4.78 is 0. The van der Waals surface area contributed by atoms with Crippen molar-refractivity contribution >= 4 is 17.9 Å². The lowest BCUT2D eigenvalue weighted by molar-refractivity contribution is -0.122. The molecule has 0 saturated carbocycles. The lowest BCUT2D eigenvalue weighted by Gasteiger charge is -2.36. The Morgan fingerprint density at radius 1 is 1.42 bits per heavy atom. The molecule has 0 aromatic heterocycles. The van der Waals surface area contributed by atoms with Crippen molar-refractivity contribution in [2.24, 2.45) is 0 Å². The van der Waals surface area contributed by atoms with Gasteiger partial charge in [-0.3, -0.25) is 9.59 Å². The van der Waals surface area contributed by atoms with Gasteiger partial charge in [-0.2, -0.15) is 0 Å². The van der Waals surface area contributed by atoms with Crippen LogP contribution in [0, 0.1) is 6.92 Å². The maximum Gasteiger partial charge on any atom is 0.242 e. The van der Waals surface area contributed by atoms with Crippen LogP contribution in [0.15, 0.2) is 18.2 Å². The van der Waals surface area contributed by atoms with Crippen molar-refractivity contribution in [1.82, 2.24) is 5.32 Å². The van der Waals surface area contributed by atoms with Crippen LogP contribution in [-0.4, -0.2) is 31.8 Å². The maximum atomic E-state index is 11.9. The molecule has 4 nitrogen and oxygen atoms in total. The van der Waals surface area contributed by atoms with E-state index < -0.39 is 0 Å². The highest BCUT2D eigenvalue weighted by Gasteiger charge is 2.28. The van der Waals surface area contributed by atoms with Crippen molar-refractivity contribution in [2.75, 3.05) is 18.5 Å². The maximum absolute atomic E-state index is 11.9. The van der Waals surface area contributed by atoms with Gasteiger partial charge < -0.3 is 10.2 Å². The van der Waals surface area contributed by atoms with Crippen LogP contribution in [-0.2, 0) is 4.79 Å². The SMILES string of the molecule is CNC(=O)C1CCCCN1c1ccc(C=O)c(C)c1. The monoisotopic (exact) mass is 260 g/mol. The standard InChI is InChI=1S/C15H20N2O2/c1-11-9-13(7-6-12(11)10-18)17-8-4-3-5-14(17)15(19)16-2/h6-7,9-10,14H,3-5,8H2,1-2H3,(H,16,19). The van der Waals surface area contributed by atoms with Crippen LogP contribution in [0.1, 0.15) is 35.2 Å². The first-order chi connectivity index (χ1) is 9.17. The number of hydrogen-bond acceptors (Lipinski definition) is 3. The largest absolute Gasteiger partial charge is 0.360 e. The third kappa shape index (κ3) is 2.78. The average molecular weight is 260 g/mol. The van der Waals surface area contributed by atoms with Gasteiger partial charge in [0, 0.05) is 24.8 Å². The van der Waals surface area contributed by atoms with Crippen molar-refractivity contribution < 1.29 is 9.59 Å². The second-order valence-corrected chi connectivity index (χ2v) is 4.98. The highest BCUT2D eigenvalue weighted by molar-refractivity contribution is 5.86. The van der Waals surface area contributed by atoms with Gasteiger partial charge in [-0.15, -0.1) is 0 Å². The minimum atomic E-state index is -0.0970. The molecule has 0 spiro atoms. The van der Waals surface area contributed by atoms with Crippen LogP contribution in [0.5, 0.6) is 0 Å². The van der Waals surface area contributed by atoms with Crippen LogP contribution < -0.4 is 10.2 Å². The van der Waals surface area contributed by atoms with Crippen molar-refractivity contribution in [3.8, 4) is 0 Å². The summed E-state index contributed by atoms with van der Waals surface area (Å²) in [5.41, 5.74) is 2.68. The molecule has 2 rings (SSSR count). The van der Waals surface area contributed by atoms with Gasteiger partial charge in [0.15, 0.2) is 0 Å². The quantitative estimate of drug-likeness (QED) is 0.845. The van der Waals surface area contributed by atoms with Gasteiger partial charge in [-0.25, -0.2) is 0 Å². The normalized spacial score (nSPS) is 19.1. The number of benzene rings is 1. The van der Waals surface area contributed by atoms with E-state index in [1.165, 1.54) is 0 Å². The molecule has 1 N–H and O–H groups in total. The average Bonchev–Trinajstić information content (AvgIpc) is 2.46. The van der Waals surface area contributed by atoms with Crippen molar-refractivity contribution in [3.63, 3.8) is 0 Å². The Morgan fingerprint density at radius 2 is 2.21 bits per heavy atom. The number of anilines is 1. The Hall–Kier alpha value is -1.84. The number of aldehydes is 1. The van der Waals surface area contributed by atoms with E-state index in [1.807, 2.05) is 25.1 Å². The molecule has 1 aliphatic heterocycles. The van der Waals surface area contributed by atoms with Crippen LogP contribution in [0.3, 0.4) is 0 Å². The van der Waals surface area contributed by atoms with Gasteiger partial charge in [0.1, 0.15) is 12.3 Å². The molecule has 1 fully saturated rings. The van der Waals surface area contributed by atoms with E-state index in [4.69, 9.17) is 0 Å². The topological polar surface area (TPSA) is 49.4 Å². The van der Waals surface area contributed by atoms with Crippen LogP contribution >= 0.6 is 0 Å². The Balaban J connectivity index is 2.29. The number of amides is 1. The lowest BCUT2D eigenvalue weighted by Crippen LogP contribution is -2.48. The first-order valence-electron chi connectivity index (χ1n) is 6.71. The van der Waals surface area contributed by atoms with E-state index in [0.717, 1.165) is 43.3 Å². The zero-order valence-corrected chi connectivity index (χ0v) is 11.5. The number of rotatable bonds is 3. The fraction of sp³-hybridized carbons (Fsp3) is 0.467. The molecule has 0 aliphatic carbocycles. The van der Waals surface area contributed by atoms with Crippen molar-refractivity contribution in [3.05, 3.63) is 29.3 Å². The molecule has 1 saturated heterocycles. The zero-order valence-electron chi connectivity index (χ0n) is 11.5. The molecule has 1 aliphatic rings. The third-order valence-corrected chi connectivity index (χ3v) is 3.76. The summed E-state index contributed by atoms with van der Waals surface area (Å²) >= 11 is 0. The summed E-state index contributed by atoms with van der Waals surface area (Å²) in [7, 11) is 1.68. The Labute approximate surface area is 113 Å². The van der Waals surface area contributed by atoms with E-state index in [1.54, 1.807) is 7.05 Å². The Bertz CT molecular complexity index is 485. The zero-order chi connectivity index (χ0) is 13.8. The highest BCUT2D eigenvalue weighted by atomic mass is 16.2. The molecular formula is C15H20N2O2. The molecule has 1 heterocycles. The Morgan fingerprint density at radius 3 is 2.84 bits per heavy atom. The van der Waals surface area contributed by atoms with E-state index in [0.29, 0.717) is 5.56 Å². The predicted molar refractivity (Wildman–Crippen MR) is 75.6 cm³/mol. The fourth-order valence-electron chi connectivity index (χ4n) is 2.65. The van der Waals surface area contributed by atoms with Gasteiger partial charge in [0.25, 0.3) is 0 Å². The summed E-state index contributed by atoms with van der Waals surface area (Å²) in [6, 6.07) is 5.65. The summed E-state index contributed by atoms with van der Waals surface area (Å²) in [6.07, 6.45) is 3.93. The first-order valence-corrected chi connectivity index (χ1v) is 6.71. The van der Waals surface area contributed by atoms with Gasteiger partial charge in [0.2, 0.25) is 5.91 Å². The lowest BCUT2D eigenvalue weighted by atomic mass is 9.99. The molecule has 1 aromatic rings. The second-order valence-electron chi connectivity index (χ2n) is 4.98. The number of carbonyl (C=O) groups excluding carboxylic acids is 2. The van der Waals surface area contributed by atoms with Gasteiger partial charge >= 0.3 is 0 Å². The molecule has 1 unspecified atom stereocenters. The minimum absolute atomic E-state index is 0.0665. The first kappa shape index (κ1) is 13.6. The number of aryl methyl sites for hydroxylation is 1. The van der Waals surface area contributed by atoms with E-state index in [-0.39, 0.29) is 11.9 Å². The number of nitrogens with zero attached hydrogens (tertiary/aromatic N) is 1. The molecule has 0 bridgehead atoms. The second kappa shape index (κ2) is 5.87. The molecule has 0 radical (unpaired) electrons. The smallest absolute Gasteiger partial charge is 0.242 e. The predicted octanol–water partition coefficient (Wildman–Crippen LogP) is 1.91. The number of piperidine rings is 1. The number of likely N-dealkylation sites (N-methyl/N-ethyl adjacent to an activating group) is 1. The summed E-state index contributed by atoms with van der Waals surface area (Å²) in [6.45, 7) is 2.81. The van der Waals surface area contributed by atoms with Crippen LogP contribution in [0.25, 0.3) is 0 Å². The van der Waals surface area contributed by atoms with Gasteiger partial charge in [0.05, 0.1) is 0 Å². The van der Waals surface area contributed by atoms with E-state index in [9.17, 15) is 9.59 Å². The number of carbonyl (C=O) groups is 2. The molecule has 19 heavy (non-hydrogen) atoms. The molecule has 1 atom stereocenters. The summed E-state index contributed by atoms with van der Waals surface area (Å²) in [4.78, 5) is 24.9. The van der Waals surface area contributed by atoms with Crippen molar-refractivity contribution in [1.29, 1.82) is 0 Å². The van der Waals surface area contributed by atoms with E-state index >= 15 is 0 Å². The fourth-order valence-corrected chi connectivity index (χ4v) is 2.65. The summed E-state index contributed by atoms with van der Waals surface area (Å²) in [5.74, 6) is 0.0665. The number of hydrogen-bond donors (Lipinski definition) is 1. The van der Waals surface area contributed by atoms with E-state index in [2.05, 4.69) is 10.2 Å². The molecule has 1 aromatic carbocycles. The van der Waals surface area contributed by atoms with Gasteiger partial charge in [-0.1, -0.05) is 0 Å². The Kier molecular flexibility index (Phi) is 4.20. The van der Waals surface area contributed by atoms with Crippen molar-refractivity contribution in [2.45, 2.75) is 32.2 Å². The molecule has 102 valence electrons. The summed E-state index contributed by atoms with van der Waals surface area (Å²) in [5, 5.41) is 2.73. The molecular weight excluding hydrogens is 240 g/mol. The molecule has 1 amide bonds. The molecule has 4 heteroatoms.